The average Bonchev–Trinajstić information content (AvgIpc) is 2.29. The normalized spacial score (nSPS) is 11.6. The first kappa shape index (κ1) is 11.7. The molecule has 0 saturated heterocycles. The Morgan fingerprint density at radius 3 is 2.25 bits per heavy atom. The monoisotopic (exact) mass is 218 g/mol. The summed E-state index contributed by atoms with van der Waals surface area (Å²) in [5.41, 5.74) is 0.593. The van der Waals surface area contributed by atoms with Gasteiger partial charge in [-0.15, -0.1) is 0 Å². The molecular formula is C12H10O4. The zero-order chi connectivity index (χ0) is 12.0. The van der Waals surface area contributed by atoms with E-state index in [-0.39, 0.29) is 5.76 Å². The van der Waals surface area contributed by atoms with Crippen LogP contribution in [0.3, 0.4) is 0 Å². The summed E-state index contributed by atoms with van der Waals surface area (Å²) in [6, 6.07) is 8.70. The second-order valence-corrected chi connectivity index (χ2v) is 2.95. The van der Waals surface area contributed by atoms with Crippen LogP contribution in [0.2, 0.25) is 0 Å². The molecule has 0 radical (unpaired) electrons. The number of hydrogen-bond acceptors (Lipinski definition) is 3. The van der Waals surface area contributed by atoms with Crippen LogP contribution in [-0.2, 0) is 9.59 Å². The molecule has 4 nitrogen and oxygen atoms in total. The summed E-state index contributed by atoms with van der Waals surface area (Å²) in [5, 5.41) is 17.8. The van der Waals surface area contributed by atoms with E-state index < -0.39 is 11.8 Å². The molecule has 0 aliphatic heterocycles. The van der Waals surface area contributed by atoms with E-state index in [1.807, 2.05) is 0 Å². The van der Waals surface area contributed by atoms with Crippen molar-refractivity contribution in [2.24, 2.45) is 0 Å². The molecule has 1 aromatic carbocycles. The van der Waals surface area contributed by atoms with Gasteiger partial charge in [-0.2, -0.15) is 0 Å². The van der Waals surface area contributed by atoms with Crippen molar-refractivity contribution < 1.29 is 19.8 Å². The maximum atomic E-state index is 10.7. The minimum absolute atomic E-state index is 0.0324. The predicted octanol–water partition coefficient (Wildman–Crippen LogP) is 1.80. The minimum Gasteiger partial charge on any atom is -0.507 e. The fourth-order valence-corrected chi connectivity index (χ4v) is 1.00. The second-order valence-electron chi connectivity index (χ2n) is 2.95. The van der Waals surface area contributed by atoms with Crippen LogP contribution in [-0.4, -0.2) is 22.0 Å². The summed E-state index contributed by atoms with van der Waals surface area (Å²) in [6.07, 6.45) is 3.33. The van der Waals surface area contributed by atoms with Crippen LogP contribution in [0.1, 0.15) is 5.56 Å². The number of aliphatic hydroxyl groups excluding tert-OH is 1. The van der Waals surface area contributed by atoms with E-state index >= 15 is 0 Å². The van der Waals surface area contributed by atoms with Gasteiger partial charge in [0.1, 0.15) is 5.76 Å². The van der Waals surface area contributed by atoms with Gasteiger partial charge in [0.25, 0.3) is 5.78 Å². The number of carbonyl (C=O) groups is 2. The van der Waals surface area contributed by atoms with Crippen LogP contribution in [0.15, 0.2) is 48.6 Å². The zero-order valence-corrected chi connectivity index (χ0v) is 8.33. The highest BCUT2D eigenvalue weighted by molar-refractivity contribution is 6.37. The Morgan fingerprint density at radius 2 is 1.69 bits per heavy atom. The first-order valence-electron chi connectivity index (χ1n) is 4.51. The third-order valence-corrected chi connectivity index (χ3v) is 1.78. The topological polar surface area (TPSA) is 74.6 Å². The third kappa shape index (κ3) is 3.42. The van der Waals surface area contributed by atoms with Crippen molar-refractivity contribution in [3.05, 3.63) is 54.1 Å². The molecule has 0 spiro atoms. The quantitative estimate of drug-likeness (QED) is 0.349. The van der Waals surface area contributed by atoms with Gasteiger partial charge in [-0.1, -0.05) is 36.4 Å². The van der Waals surface area contributed by atoms with Crippen LogP contribution in [0.4, 0.5) is 0 Å². The Bertz CT molecular complexity index is 443. The molecule has 16 heavy (non-hydrogen) atoms. The molecule has 0 amide bonds. The lowest BCUT2D eigenvalue weighted by Crippen LogP contribution is -2.08. The number of carbonyl (C=O) groups excluding carboxylic acids is 1. The molecule has 0 atom stereocenters. The van der Waals surface area contributed by atoms with E-state index in [1.165, 1.54) is 12.2 Å². The minimum atomic E-state index is -1.52. The Labute approximate surface area is 92.2 Å². The summed E-state index contributed by atoms with van der Waals surface area (Å²) in [5.74, 6) is -2.59. The van der Waals surface area contributed by atoms with E-state index in [2.05, 4.69) is 0 Å². The van der Waals surface area contributed by atoms with Crippen molar-refractivity contribution in [1.29, 1.82) is 0 Å². The third-order valence-electron chi connectivity index (χ3n) is 1.78. The highest BCUT2D eigenvalue weighted by Crippen LogP contribution is 2.09. The number of carboxylic acids is 1. The molecule has 0 heterocycles. The zero-order valence-electron chi connectivity index (χ0n) is 8.33. The van der Waals surface area contributed by atoms with E-state index in [0.717, 1.165) is 6.08 Å². The Balaban J connectivity index is 2.72. The molecule has 4 heteroatoms. The van der Waals surface area contributed by atoms with Crippen LogP contribution in [0.5, 0.6) is 0 Å². The number of aliphatic hydroxyl groups is 1. The van der Waals surface area contributed by atoms with Crippen molar-refractivity contribution >= 4 is 17.5 Å². The molecule has 2 N–H and O–H groups in total. The lowest BCUT2D eigenvalue weighted by atomic mass is 10.2. The molecule has 0 unspecified atom stereocenters. The second kappa shape index (κ2) is 5.50. The van der Waals surface area contributed by atoms with Gasteiger partial charge < -0.3 is 10.2 Å². The summed E-state index contributed by atoms with van der Waals surface area (Å²) >= 11 is 0. The molecule has 0 aliphatic carbocycles. The van der Waals surface area contributed by atoms with Crippen molar-refractivity contribution in [3.8, 4) is 0 Å². The highest BCUT2D eigenvalue weighted by Gasteiger charge is 2.04. The van der Waals surface area contributed by atoms with Crippen LogP contribution in [0.25, 0.3) is 5.76 Å². The van der Waals surface area contributed by atoms with Crippen LogP contribution < -0.4 is 0 Å². The first-order valence-corrected chi connectivity index (χ1v) is 4.51. The van der Waals surface area contributed by atoms with Crippen molar-refractivity contribution in [2.45, 2.75) is 0 Å². The number of hydrogen-bond donors (Lipinski definition) is 2. The number of ketones is 1. The smallest absolute Gasteiger partial charge is 0.376 e. The summed E-state index contributed by atoms with van der Waals surface area (Å²) < 4.78 is 0. The maximum Gasteiger partial charge on any atom is 0.376 e. The average molecular weight is 218 g/mol. The Hall–Kier alpha value is -2.36. The van der Waals surface area contributed by atoms with Gasteiger partial charge in [0, 0.05) is 5.56 Å². The largest absolute Gasteiger partial charge is 0.507 e. The standard InChI is InChI=1S/C12H10O4/c13-10(9-5-2-1-3-6-9)7-4-8-11(14)12(15)16/h1-8,13H,(H,15,16)/b8-4+,10-7-. The van der Waals surface area contributed by atoms with Gasteiger partial charge in [-0.05, 0) is 12.2 Å². The highest BCUT2D eigenvalue weighted by atomic mass is 16.4. The summed E-state index contributed by atoms with van der Waals surface area (Å²) in [6.45, 7) is 0. The number of allylic oxidation sites excluding steroid dienone is 2. The number of carboxylic acid groups (broad SMARTS) is 1. The molecule has 0 fully saturated rings. The molecule has 0 bridgehead atoms. The molecule has 0 saturated carbocycles. The van der Waals surface area contributed by atoms with Crippen molar-refractivity contribution in [2.75, 3.05) is 0 Å². The molecule has 0 aliphatic rings. The molecule has 1 rings (SSSR count). The Kier molecular flexibility index (Phi) is 4.03. The van der Waals surface area contributed by atoms with E-state index in [4.69, 9.17) is 5.11 Å². The van der Waals surface area contributed by atoms with Crippen molar-refractivity contribution in [1.82, 2.24) is 0 Å². The predicted molar refractivity (Wildman–Crippen MR) is 58.8 cm³/mol. The SMILES string of the molecule is O=C(O)C(=O)/C=C/C=C(\O)c1ccccc1. The molecule has 82 valence electrons. The van der Waals surface area contributed by atoms with Gasteiger partial charge in [-0.25, -0.2) is 4.79 Å². The number of aliphatic carboxylic acids is 1. The molecule has 0 aromatic heterocycles. The lowest BCUT2D eigenvalue weighted by Gasteiger charge is -1.96. The molecular weight excluding hydrogens is 208 g/mol. The van der Waals surface area contributed by atoms with Crippen LogP contribution in [0, 0.1) is 0 Å². The van der Waals surface area contributed by atoms with E-state index in [0.29, 0.717) is 5.56 Å². The van der Waals surface area contributed by atoms with E-state index in [9.17, 15) is 14.7 Å². The van der Waals surface area contributed by atoms with Gasteiger partial charge >= 0.3 is 5.97 Å². The van der Waals surface area contributed by atoms with Gasteiger partial charge in [0.2, 0.25) is 0 Å². The van der Waals surface area contributed by atoms with Crippen LogP contribution >= 0.6 is 0 Å². The molecule has 1 aromatic rings. The van der Waals surface area contributed by atoms with Gasteiger partial charge in [-0.3, -0.25) is 4.79 Å². The lowest BCUT2D eigenvalue weighted by molar-refractivity contribution is -0.146. The van der Waals surface area contributed by atoms with Gasteiger partial charge in [0.15, 0.2) is 0 Å². The van der Waals surface area contributed by atoms with E-state index in [1.54, 1.807) is 30.3 Å². The number of rotatable bonds is 4. The van der Waals surface area contributed by atoms with Crippen molar-refractivity contribution in [3.63, 3.8) is 0 Å². The first-order chi connectivity index (χ1) is 7.61. The van der Waals surface area contributed by atoms with Gasteiger partial charge in [0.05, 0.1) is 0 Å². The fraction of sp³-hybridized carbons (Fsp3) is 0. The maximum absolute atomic E-state index is 10.7. The fourth-order valence-electron chi connectivity index (χ4n) is 1.00. The summed E-state index contributed by atoms with van der Waals surface area (Å²) in [4.78, 5) is 20.8. The number of benzene rings is 1. The Morgan fingerprint density at radius 1 is 1.06 bits per heavy atom. The summed E-state index contributed by atoms with van der Waals surface area (Å²) in [7, 11) is 0.